The van der Waals surface area contributed by atoms with E-state index in [0.717, 1.165) is 38.4 Å². The molecule has 1 N–H and O–H groups in total. The highest BCUT2D eigenvalue weighted by Gasteiger charge is 2.36. The summed E-state index contributed by atoms with van der Waals surface area (Å²) in [7, 11) is 1.43. The van der Waals surface area contributed by atoms with E-state index in [0.29, 0.717) is 25.6 Å². The zero-order valence-corrected chi connectivity index (χ0v) is 19.4. The van der Waals surface area contributed by atoms with Crippen molar-refractivity contribution in [1.82, 2.24) is 15.1 Å². The van der Waals surface area contributed by atoms with Crippen molar-refractivity contribution < 1.29 is 14.3 Å². The van der Waals surface area contributed by atoms with Crippen LogP contribution in [0.25, 0.3) is 0 Å². The maximum Gasteiger partial charge on any atom is 0.310 e. The Kier molecular flexibility index (Phi) is 10.4. The summed E-state index contributed by atoms with van der Waals surface area (Å²) in [5, 5.41) is 3.28. The van der Waals surface area contributed by atoms with Gasteiger partial charge in [-0.3, -0.25) is 14.6 Å². The first-order chi connectivity index (χ1) is 12.5. The van der Waals surface area contributed by atoms with Gasteiger partial charge in [-0.15, -0.1) is 24.0 Å². The number of rotatable bonds is 5. The molecule has 0 saturated carbocycles. The van der Waals surface area contributed by atoms with Crippen molar-refractivity contribution >= 4 is 41.8 Å². The zero-order chi connectivity index (χ0) is 19.1. The van der Waals surface area contributed by atoms with Gasteiger partial charge < -0.3 is 19.9 Å². The Balaban J connectivity index is 0.00000364. The van der Waals surface area contributed by atoms with Gasteiger partial charge in [0.05, 0.1) is 19.6 Å². The molecule has 1 amide bonds. The fraction of sp³-hybridized carbons (Fsp3) is 0.842. The molecule has 2 fully saturated rings. The van der Waals surface area contributed by atoms with Crippen LogP contribution in [0.15, 0.2) is 4.99 Å². The second-order valence-corrected chi connectivity index (χ2v) is 7.43. The Bertz CT molecular complexity index is 529. The van der Waals surface area contributed by atoms with E-state index in [2.05, 4.69) is 29.1 Å². The van der Waals surface area contributed by atoms with Gasteiger partial charge >= 0.3 is 5.97 Å². The van der Waals surface area contributed by atoms with Crippen LogP contribution in [-0.2, 0) is 14.3 Å². The van der Waals surface area contributed by atoms with Crippen molar-refractivity contribution in [1.29, 1.82) is 0 Å². The molecule has 0 spiro atoms. The van der Waals surface area contributed by atoms with Gasteiger partial charge in [0.1, 0.15) is 0 Å². The highest BCUT2D eigenvalue weighted by atomic mass is 127. The second-order valence-electron chi connectivity index (χ2n) is 7.43. The molecule has 2 saturated heterocycles. The number of hydrogen-bond donors (Lipinski definition) is 1. The molecule has 2 heterocycles. The number of nitrogens with one attached hydrogen (secondary N) is 1. The summed E-state index contributed by atoms with van der Waals surface area (Å²) < 4.78 is 4.91. The Hall–Kier alpha value is -1.06. The van der Waals surface area contributed by atoms with Crippen LogP contribution in [0.4, 0.5) is 0 Å². The van der Waals surface area contributed by atoms with Crippen LogP contribution < -0.4 is 5.32 Å². The fourth-order valence-corrected chi connectivity index (χ4v) is 3.89. The summed E-state index contributed by atoms with van der Waals surface area (Å²) in [4.78, 5) is 33.1. The lowest BCUT2D eigenvalue weighted by Gasteiger charge is -2.33. The number of nitrogens with zero attached hydrogens (tertiary/aromatic N) is 3. The van der Waals surface area contributed by atoms with Gasteiger partial charge in [0.2, 0.25) is 5.91 Å². The number of amides is 1. The Morgan fingerprint density at radius 3 is 2.59 bits per heavy atom. The normalized spacial score (nSPS) is 25.8. The summed E-state index contributed by atoms with van der Waals surface area (Å²) in [6, 6.07) is 0.341. The van der Waals surface area contributed by atoms with Gasteiger partial charge in [-0.2, -0.15) is 0 Å². The maximum absolute atomic E-state index is 12.5. The Morgan fingerprint density at radius 1 is 1.22 bits per heavy atom. The SMILES string of the molecule is CCNC(=NCCC(=O)N1CCCCC1C)N1CC(C)C(C(=O)OC)C1.I. The third-order valence-corrected chi connectivity index (χ3v) is 5.46. The molecule has 0 aromatic rings. The molecule has 0 aromatic heterocycles. The van der Waals surface area contributed by atoms with Crippen molar-refractivity contribution in [3.63, 3.8) is 0 Å². The molecule has 156 valence electrons. The van der Waals surface area contributed by atoms with E-state index in [1.807, 2.05) is 11.8 Å². The monoisotopic (exact) mass is 494 g/mol. The molecule has 0 radical (unpaired) electrons. The molecule has 0 bridgehead atoms. The maximum atomic E-state index is 12.5. The number of carbonyl (C=O) groups is 2. The first kappa shape index (κ1) is 24.0. The number of ether oxygens (including phenoxy) is 1. The first-order valence-corrected chi connectivity index (χ1v) is 9.88. The van der Waals surface area contributed by atoms with E-state index in [1.165, 1.54) is 13.5 Å². The number of methoxy groups -OCH3 is 1. The minimum Gasteiger partial charge on any atom is -0.469 e. The van der Waals surface area contributed by atoms with Crippen LogP contribution in [0.5, 0.6) is 0 Å². The van der Waals surface area contributed by atoms with Crippen molar-refractivity contribution in [2.75, 3.05) is 39.8 Å². The molecule has 2 aliphatic rings. The zero-order valence-electron chi connectivity index (χ0n) is 17.1. The summed E-state index contributed by atoms with van der Waals surface area (Å²) in [5.74, 6) is 0.913. The third-order valence-electron chi connectivity index (χ3n) is 5.46. The summed E-state index contributed by atoms with van der Waals surface area (Å²) in [6.45, 7) is 9.68. The largest absolute Gasteiger partial charge is 0.469 e. The molecule has 2 aliphatic heterocycles. The van der Waals surface area contributed by atoms with Crippen LogP contribution in [0.1, 0.15) is 46.5 Å². The molecule has 7 nitrogen and oxygen atoms in total. The van der Waals surface area contributed by atoms with Crippen molar-refractivity contribution in [2.45, 2.75) is 52.5 Å². The molecular formula is C19H35IN4O3. The fourth-order valence-electron chi connectivity index (χ4n) is 3.89. The number of carbonyl (C=O) groups excluding carboxylic acids is 2. The number of hydrogen-bond acceptors (Lipinski definition) is 4. The number of halogens is 1. The van der Waals surface area contributed by atoms with Gasteiger partial charge in [-0.05, 0) is 39.0 Å². The quantitative estimate of drug-likeness (QED) is 0.274. The van der Waals surface area contributed by atoms with Crippen LogP contribution >= 0.6 is 24.0 Å². The third kappa shape index (κ3) is 6.50. The minimum atomic E-state index is -0.162. The molecule has 0 aliphatic carbocycles. The number of aliphatic imine (C=N–C) groups is 1. The summed E-state index contributed by atoms with van der Waals surface area (Å²) in [6.07, 6.45) is 3.84. The van der Waals surface area contributed by atoms with Gasteiger partial charge in [0, 0.05) is 38.6 Å². The first-order valence-electron chi connectivity index (χ1n) is 9.88. The molecule has 3 atom stereocenters. The lowest BCUT2D eigenvalue weighted by atomic mass is 9.99. The van der Waals surface area contributed by atoms with Gasteiger partial charge in [0.25, 0.3) is 0 Å². The predicted octanol–water partition coefficient (Wildman–Crippen LogP) is 2.10. The second kappa shape index (κ2) is 11.7. The molecule has 0 aromatic carbocycles. The van der Waals surface area contributed by atoms with Gasteiger partial charge in [-0.1, -0.05) is 6.92 Å². The predicted molar refractivity (Wildman–Crippen MR) is 117 cm³/mol. The minimum absolute atomic E-state index is 0. The van der Waals surface area contributed by atoms with Crippen LogP contribution in [0, 0.1) is 11.8 Å². The molecule has 27 heavy (non-hydrogen) atoms. The smallest absolute Gasteiger partial charge is 0.310 e. The van der Waals surface area contributed by atoms with Crippen molar-refractivity contribution in [3.05, 3.63) is 0 Å². The van der Waals surface area contributed by atoms with Gasteiger partial charge in [-0.25, -0.2) is 0 Å². The number of guanidine groups is 1. The van der Waals surface area contributed by atoms with Crippen LogP contribution in [0.3, 0.4) is 0 Å². The molecular weight excluding hydrogens is 459 g/mol. The van der Waals surface area contributed by atoms with E-state index in [9.17, 15) is 9.59 Å². The number of likely N-dealkylation sites (tertiary alicyclic amines) is 2. The van der Waals surface area contributed by atoms with E-state index in [-0.39, 0.29) is 47.7 Å². The topological polar surface area (TPSA) is 74.2 Å². The van der Waals surface area contributed by atoms with Crippen LogP contribution in [-0.4, -0.2) is 73.5 Å². The Labute approximate surface area is 180 Å². The Morgan fingerprint density at radius 2 is 1.96 bits per heavy atom. The van der Waals surface area contributed by atoms with Crippen molar-refractivity contribution in [2.24, 2.45) is 16.8 Å². The summed E-state index contributed by atoms with van der Waals surface area (Å²) in [5.41, 5.74) is 0. The molecule has 3 unspecified atom stereocenters. The standard InChI is InChI=1S/C19H34N4O3.HI/c1-5-20-19(22-12-14(2)16(13-22)18(25)26-4)21-10-9-17(24)23-11-7-6-8-15(23)3;/h14-16H,5-13H2,1-4H3,(H,20,21);1H. The number of piperidine rings is 1. The van der Waals surface area contributed by atoms with E-state index in [1.54, 1.807) is 0 Å². The van der Waals surface area contributed by atoms with Crippen molar-refractivity contribution in [3.8, 4) is 0 Å². The molecule has 8 heteroatoms. The average Bonchev–Trinajstić information content (AvgIpc) is 3.02. The van der Waals surface area contributed by atoms with Crippen LogP contribution in [0.2, 0.25) is 0 Å². The number of esters is 1. The average molecular weight is 494 g/mol. The van der Waals surface area contributed by atoms with E-state index < -0.39 is 0 Å². The highest BCUT2D eigenvalue weighted by Crippen LogP contribution is 2.24. The lowest BCUT2D eigenvalue weighted by Crippen LogP contribution is -2.43. The highest BCUT2D eigenvalue weighted by molar-refractivity contribution is 14.0. The van der Waals surface area contributed by atoms with Gasteiger partial charge in [0.15, 0.2) is 5.96 Å². The van der Waals surface area contributed by atoms with E-state index >= 15 is 0 Å². The molecule has 2 rings (SSSR count). The van der Waals surface area contributed by atoms with E-state index in [4.69, 9.17) is 4.74 Å². The summed E-state index contributed by atoms with van der Waals surface area (Å²) >= 11 is 0. The lowest BCUT2D eigenvalue weighted by molar-refractivity contribution is -0.146.